The Morgan fingerprint density at radius 2 is 2.00 bits per heavy atom. The van der Waals surface area contributed by atoms with E-state index in [-0.39, 0.29) is 12.4 Å². The zero-order valence-electron chi connectivity index (χ0n) is 15.5. The highest BCUT2D eigenvalue weighted by molar-refractivity contribution is 7.99. The number of ether oxygens (including phenoxy) is 1. The molecule has 0 fully saturated rings. The molecule has 0 atom stereocenters. The fraction of sp³-hybridized carbons (Fsp3) is 0.143. The Morgan fingerprint density at radius 3 is 2.86 bits per heavy atom. The number of carbonyl (C=O) groups is 1. The molecule has 2 aromatic carbocycles. The van der Waals surface area contributed by atoms with Crippen LogP contribution in [-0.4, -0.2) is 38.5 Å². The van der Waals surface area contributed by atoms with Crippen LogP contribution in [0.4, 0.5) is 0 Å². The van der Waals surface area contributed by atoms with E-state index < -0.39 is 5.97 Å². The molecule has 2 aromatic heterocycles. The van der Waals surface area contributed by atoms with Crippen molar-refractivity contribution in [2.75, 3.05) is 12.4 Å². The van der Waals surface area contributed by atoms with Crippen molar-refractivity contribution in [3.05, 3.63) is 65.9 Å². The molecule has 0 saturated heterocycles. The van der Waals surface area contributed by atoms with Gasteiger partial charge in [-0.05, 0) is 41.1 Å². The summed E-state index contributed by atoms with van der Waals surface area (Å²) in [7, 11) is 0. The van der Waals surface area contributed by atoms with Gasteiger partial charge in [-0.3, -0.25) is 0 Å². The summed E-state index contributed by atoms with van der Waals surface area (Å²) >= 11 is 1.41. The van der Waals surface area contributed by atoms with Gasteiger partial charge in [0.1, 0.15) is 5.58 Å². The van der Waals surface area contributed by atoms with Crippen LogP contribution >= 0.6 is 11.8 Å². The molecule has 29 heavy (non-hydrogen) atoms. The van der Waals surface area contributed by atoms with Crippen molar-refractivity contribution in [3.63, 3.8) is 0 Å². The highest BCUT2D eigenvalue weighted by Gasteiger charge is 2.13. The van der Waals surface area contributed by atoms with Crippen LogP contribution in [0.5, 0.6) is 0 Å². The Morgan fingerprint density at radius 1 is 1.17 bits per heavy atom. The predicted octanol–water partition coefficient (Wildman–Crippen LogP) is 3.67. The molecule has 8 heteroatoms. The number of fused-ring (bicyclic) bond motifs is 1. The molecule has 4 aromatic rings. The predicted molar refractivity (Wildman–Crippen MR) is 109 cm³/mol. The zero-order chi connectivity index (χ0) is 20.1. The number of rotatable bonds is 5. The summed E-state index contributed by atoms with van der Waals surface area (Å²) in [6, 6.07) is 16.9. The SMILES string of the molecule is Cc1ccccc1-n1nnnc1SCC#CCOC(=O)c1cc2ccccc2o1. The molecule has 0 aliphatic rings. The lowest BCUT2D eigenvalue weighted by Gasteiger charge is -2.05. The normalized spacial score (nSPS) is 10.5. The van der Waals surface area contributed by atoms with Gasteiger partial charge in [0.15, 0.2) is 6.61 Å². The third-order valence-electron chi connectivity index (χ3n) is 4.09. The number of carbonyl (C=O) groups excluding carboxylic acids is 1. The molecular weight excluding hydrogens is 388 g/mol. The van der Waals surface area contributed by atoms with E-state index in [1.165, 1.54) is 11.8 Å². The van der Waals surface area contributed by atoms with Gasteiger partial charge in [-0.15, -0.1) is 5.10 Å². The van der Waals surface area contributed by atoms with Crippen molar-refractivity contribution in [2.45, 2.75) is 12.1 Å². The van der Waals surface area contributed by atoms with Gasteiger partial charge >= 0.3 is 5.97 Å². The number of para-hydroxylation sites is 2. The van der Waals surface area contributed by atoms with Crippen molar-refractivity contribution in [3.8, 4) is 17.5 Å². The number of esters is 1. The second-order valence-corrected chi connectivity index (χ2v) is 6.97. The van der Waals surface area contributed by atoms with E-state index in [1.807, 2.05) is 49.4 Å². The average Bonchev–Trinajstić information content (AvgIpc) is 3.37. The van der Waals surface area contributed by atoms with Crippen LogP contribution in [0.15, 0.2) is 64.2 Å². The minimum Gasteiger partial charge on any atom is -0.449 e. The first-order valence-corrected chi connectivity index (χ1v) is 9.79. The van der Waals surface area contributed by atoms with E-state index >= 15 is 0 Å². The average molecular weight is 404 g/mol. The van der Waals surface area contributed by atoms with Crippen LogP contribution in [-0.2, 0) is 4.74 Å². The fourth-order valence-corrected chi connectivity index (χ4v) is 3.33. The third-order valence-corrected chi connectivity index (χ3v) is 4.89. The summed E-state index contributed by atoms with van der Waals surface area (Å²) in [5.74, 6) is 5.86. The van der Waals surface area contributed by atoms with Crippen molar-refractivity contribution in [1.29, 1.82) is 0 Å². The van der Waals surface area contributed by atoms with Gasteiger partial charge in [-0.2, -0.15) is 4.68 Å². The van der Waals surface area contributed by atoms with E-state index in [9.17, 15) is 4.79 Å². The van der Waals surface area contributed by atoms with Crippen LogP contribution < -0.4 is 0 Å². The van der Waals surface area contributed by atoms with E-state index in [2.05, 4.69) is 27.4 Å². The molecule has 2 heterocycles. The van der Waals surface area contributed by atoms with E-state index in [0.29, 0.717) is 16.5 Å². The van der Waals surface area contributed by atoms with Crippen molar-refractivity contribution in [1.82, 2.24) is 20.2 Å². The topological polar surface area (TPSA) is 83.0 Å². The Bertz CT molecular complexity index is 1190. The fourth-order valence-electron chi connectivity index (χ4n) is 2.68. The zero-order valence-corrected chi connectivity index (χ0v) is 16.3. The monoisotopic (exact) mass is 404 g/mol. The second kappa shape index (κ2) is 8.63. The first-order chi connectivity index (χ1) is 14.2. The summed E-state index contributed by atoms with van der Waals surface area (Å²) in [6.45, 7) is 1.99. The lowest BCUT2D eigenvalue weighted by atomic mass is 10.2. The minimum atomic E-state index is -0.536. The molecular formula is C21H16N4O3S. The van der Waals surface area contributed by atoms with Gasteiger partial charge in [-0.25, -0.2) is 4.79 Å². The smallest absolute Gasteiger partial charge is 0.375 e. The molecule has 0 aliphatic carbocycles. The molecule has 7 nitrogen and oxygen atoms in total. The maximum absolute atomic E-state index is 12.0. The van der Waals surface area contributed by atoms with Gasteiger partial charge < -0.3 is 9.15 Å². The summed E-state index contributed by atoms with van der Waals surface area (Å²) < 4.78 is 12.3. The Hall–Kier alpha value is -3.57. The first-order valence-electron chi connectivity index (χ1n) is 8.81. The van der Waals surface area contributed by atoms with E-state index in [1.54, 1.807) is 16.8 Å². The maximum Gasteiger partial charge on any atom is 0.375 e. The Labute approximate surface area is 171 Å². The molecule has 0 unspecified atom stereocenters. The summed E-state index contributed by atoms with van der Waals surface area (Å²) in [5.41, 5.74) is 2.64. The number of furan rings is 1. The molecule has 0 spiro atoms. The van der Waals surface area contributed by atoms with Gasteiger partial charge in [0.05, 0.1) is 11.4 Å². The van der Waals surface area contributed by atoms with E-state index in [4.69, 9.17) is 9.15 Å². The minimum absolute atomic E-state index is 0.0147. The molecule has 0 amide bonds. The van der Waals surface area contributed by atoms with Crippen molar-refractivity contribution < 1.29 is 13.9 Å². The first kappa shape index (κ1) is 18.8. The third kappa shape index (κ3) is 4.31. The van der Waals surface area contributed by atoms with Crippen LogP contribution in [0.2, 0.25) is 0 Å². The van der Waals surface area contributed by atoms with Gasteiger partial charge in [0.2, 0.25) is 10.9 Å². The second-order valence-electron chi connectivity index (χ2n) is 6.03. The highest BCUT2D eigenvalue weighted by Crippen LogP contribution is 2.20. The molecule has 0 radical (unpaired) electrons. The number of tetrazole rings is 1. The lowest BCUT2D eigenvalue weighted by Crippen LogP contribution is -2.03. The molecule has 0 aliphatic heterocycles. The molecule has 144 valence electrons. The number of hydrogen-bond donors (Lipinski definition) is 0. The largest absolute Gasteiger partial charge is 0.449 e. The number of thioether (sulfide) groups is 1. The summed E-state index contributed by atoms with van der Waals surface area (Å²) in [5, 5.41) is 13.3. The molecule has 0 bridgehead atoms. The number of aromatic nitrogens is 4. The quantitative estimate of drug-likeness (QED) is 0.285. The number of hydrogen-bond acceptors (Lipinski definition) is 7. The Kier molecular flexibility index (Phi) is 5.59. The standard InChI is InChI=1S/C21H16N4O3S/c1-15-8-2-4-10-17(15)25-21(22-23-24-25)29-13-7-6-12-27-20(26)19-14-16-9-3-5-11-18(16)28-19/h2-5,8-11,14H,12-13H2,1H3. The Balaban J connectivity index is 1.30. The summed E-state index contributed by atoms with van der Waals surface area (Å²) in [6.07, 6.45) is 0. The molecule has 0 N–H and O–H groups in total. The van der Waals surface area contributed by atoms with Crippen molar-refractivity contribution in [2.24, 2.45) is 0 Å². The van der Waals surface area contributed by atoms with Crippen LogP contribution in [0.1, 0.15) is 16.1 Å². The van der Waals surface area contributed by atoms with Crippen LogP contribution in [0, 0.1) is 18.8 Å². The lowest BCUT2D eigenvalue weighted by molar-refractivity contribution is 0.0523. The van der Waals surface area contributed by atoms with Gasteiger partial charge in [0.25, 0.3) is 0 Å². The molecule has 4 rings (SSSR count). The van der Waals surface area contributed by atoms with E-state index in [0.717, 1.165) is 16.6 Å². The number of benzene rings is 2. The van der Waals surface area contributed by atoms with Gasteiger partial charge in [0, 0.05) is 5.39 Å². The van der Waals surface area contributed by atoms with Crippen molar-refractivity contribution >= 4 is 28.7 Å². The van der Waals surface area contributed by atoms with Crippen LogP contribution in [0.25, 0.3) is 16.7 Å². The number of aryl methyl sites for hydroxylation is 1. The summed E-state index contributed by atoms with van der Waals surface area (Å²) in [4.78, 5) is 12.0. The highest BCUT2D eigenvalue weighted by atomic mass is 32.2. The maximum atomic E-state index is 12.0. The van der Waals surface area contributed by atoms with Crippen LogP contribution in [0.3, 0.4) is 0 Å². The van der Waals surface area contributed by atoms with Gasteiger partial charge in [-0.1, -0.05) is 60.0 Å². The molecule has 0 saturated carbocycles. The number of nitrogens with zero attached hydrogens (tertiary/aromatic N) is 4.